The summed E-state index contributed by atoms with van der Waals surface area (Å²) in [6, 6.07) is 7.15. The normalized spacial score (nSPS) is 15.0. The molecule has 1 aromatic heterocycles. The molecule has 0 radical (unpaired) electrons. The monoisotopic (exact) mass is 438 g/mol. The van der Waals surface area contributed by atoms with Gasteiger partial charge in [0.1, 0.15) is 18.2 Å². The Bertz CT molecular complexity index is 823. The molecule has 0 aliphatic carbocycles. The number of piperazine rings is 1. The van der Waals surface area contributed by atoms with Crippen molar-refractivity contribution in [3.05, 3.63) is 35.7 Å². The molecule has 3 rings (SSSR count). The number of anilines is 1. The van der Waals surface area contributed by atoms with Gasteiger partial charge in [-0.3, -0.25) is 0 Å². The lowest BCUT2D eigenvalue weighted by Gasteiger charge is -2.36. The molecule has 1 aromatic carbocycles. The highest BCUT2D eigenvalue weighted by Crippen LogP contribution is 2.19. The van der Waals surface area contributed by atoms with E-state index in [9.17, 15) is 8.78 Å². The molecule has 2 heterocycles. The maximum absolute atomic E-state index is 12.4. The van der Waals surface area contributed by atoms with Crippen LogP contribution in [0, 0.1) is 0 Å². The van der Waals surface area contributed by atoms with Crippen LogP contribution in [0.1, 0.15) is 25.2 Å². The largest absolute Gasteiger partial charge is 0.488 e. The summed E-state index contributed by atoms with van der Waals surface area (Å²) in [6.45, 7) is 8.11. The summed E-state index contributed by atoms with van der Waals surface area (Å²) in [5.74, 6) is 2.18. The molecule has 10 heteroatoms. The molecule has 1 aliphatic heterocycles. The van der Waals surface area contributed by atoms with Crippen molar-refractivity contribution in [3.63, 3.8) is 0 Å². The Morgan fingerprint density at radius 3 is 2.73 bits per heavy atom. The van der Waals surface area contributed by atoms with E-state index in [1.165, 1.54) is 11.5 Å². The van der Waals surface area contributed by atoms with Gasteiger partial charge >= 0.3 is 0 Å². The highest BCUT2D eigenvalue weighted by atomic mass is 32.1. The molecule has 0 bridgehead atoms. The van der Waals surface area contributed by atoms with E-state index in [2.05, 4.69) is 31.4 Å². The standard InChI is InChI=1S/C20H28F2N6OS/c1-3-18-25-20(30-26-18)28-10-8-27(9-11-28)19(23-4-2)24-13-15-6-5-7-16(12-15)29-14-17(21)22/h5-7,12,17H,3-4,8-11,13-14H2,1-2H3,(H,23,24). The van der Waals surface area contributed by atoms with Crippen LogP contribution in [0.2, 0.25) is 0 Å². The van der Waals surface area contributed by atoms with Crippen molar-refractivity contribution >= 4 is 22.6 Å². The van der Waals surface area contributed by atoms with E-state index >= 15 is 0 Å². The van der Waals surface area contributed by atoms with Gasteiger partial charge in [0.25, 0.3) is 6.43 Å². The van der Waals surface area contributed by atoms with E-state index in [-0.39, 0.29) is 0 Å². The number of aromatic nitrogens is 2. The van der Waals surface area contributed by atoms with E-state index in [4.69, 9.17) is 9.73 Å². The number of halogens is 2. The predicted octanol–water partition coefficient (Wildman–Crippen LogP) is 3.03. The Labute approximate surface area is 179 Å². The maximum atomic E-state index is 12.4. The van der Waals surface area contributed by atoms with Gasteiger partial charge in [0, 0.05) is 50.7 Å². The third kappa shape index (κ3) is 6.25. The maximum Gasteiger partial charge on any atom is 0.272 e. The smallest absolute Gasteiger partial charge is 0.272 e. The first-order chi connectivity index (χ1) is 14.6. The lowest BCUT2D eigenvalue weighted by atomic mass is 10.2. The Morgan fingerprint density at radius 2 is 2.07 bits per heavy atom. The highest BCUT2D eigenvalue weighted by molar-refractivity contribution is 7.09. The van der Waals surface area contributed by atoms with E-state index in [1.807, 2.05) is 13.0 Å². The fourth-order valence-electron chi connectivity index (χ4n) is 3.11. The summed E-state index contributed by atoms with van der Waals surface area (Å²) in [7, 11) is 0. The molecule has 1 fully saturated rings. The van der Waals surface area contributed by atoms with Crippen LogP contribution in [0.4, 0.5) is 13.9 Å². The van der Waals surface area contributed by atoms with Crippen LogP contribution in [0.15, 0.2) is 29.3 Å². The van der Waals surface area contributed by atoms with Crippen LogP contribution in [-0.2, 0) is 13.0 Å². The molecule has 0 spiro atoms. The minimum Gasteiger partial charge on any atom is -0.488 e. The number of hydrogen-bond acceptors (Lipinski definition) is 6. The van der Waals surface area contributed by atoms with Crippen molar-refractivity contribution in [2.75, 3.05) is 44.2 Å². The van der Waals surface area contributed by atoms with Crippen molar-refractivity contribution < 1.29 is 13.5 Å². The van der Waals surface area contributed by atoms with Gasteiger partial charge in [0.05, 0.1) is 6.54 Å². The molecule has 1 N–H and O–H groups in total. The molecule has 0 amide bonds. The van der Waals surface area contributed by atoms with Crippen molar-refractivity contribution in [1.29, 1.82) is 0 Å². The van der Waals surface area contributed by atoms with Crippen LogP contribution in [0.5, 0.6) is 5.75 Å². The van der Waals surface area contributed by atoms with Gasteiger partial charge in [-0.15, -0.1) is 0 Å². The number of benzene rings is 1. The molecular weight excluding hydrogens is 410 g/mol. The molecule has 7 nitrogen and oxygen atoms in total. The molecular formula is C20H28F2N6OS. The Balaban J connectivity index is 1.59. The minimum absolute atomic E-state index is 0.435. The van der Waals surface area contributed by atoms with Gasteiger partial charge in [-0.1, -0.05) is 19.1 Å². The van der Waals surface area contributed by atoms with Crippen molar-refractivity contribution in [2.45, 2.75) is 33.2 Å². The van der Waals surface area contributed by atoms with Crippen LogP contribution < -0.4 is 15.0 Å². The number of rotatable bonds is 8. The second-order valence-electron chi connectivity index (χ2n) is 6.84. The quantitative estimate of drug-likeness (QED) is 0.505. The summed E-state index contributed by atoms with van der Waals surface area (Å²) in [5.41, 5.74) is 0.914. The summed E-state index contributed by atoms with van der Waals surface area (Å²) < 4.78 is 34.2. The highest BCUT2D eigenvalue weighted by Gasteiger charge is 2.22. The van der Waals surface area contributed by atoms with E-state index in [0.717, 1.165) is 61.6 Å². The SMILES string of the molecule is CCNC(=NCc1cccc(OCC(F)F)c1)N1CCN(c2nc(CC)ns2)CC1. The summed E-state index contributed by atoms with van der Waals surface area (Å²) >= 11 is 1.46. The van der Waals surface area contributed by atoms with Crippen LogP contribution >= 0.6 is 11.5 Å². The fourth-order valence-corrected chi connectivity index (χ4v) is 3.91. The van der Waals surface area contributed by atoms with Gasteiger partial charge in [-0.05, 0) is 24.6 Å². The van der Waals surface area contributed by atoms with E-state index in [0.29, 0.717) is 12.3 Å². The van der Waals surface area contributed by atoms with Crippen molar-refractivity contribution in [1.82, 2.24) is 19.6 Å². The summed E-state index contributed by atoms with van der Waals surface area (Å²) in [5, 5.41) is 4.33. The van der Waals surface area contributed by atoms with Gasteiger partial charge < -0.3 is 19.9 Å². The third-order valence-corrected chi connectivity index (χ3v) is 5.46. The Kier molecular flexibility index (Phi) is 8.18. The zero-order valence-corrected chi connectivity index (χ0v) is 18.2. The molecule has 30 heavy (non-hydrogen) atoms. The van der Waals surface area contributed by atoms with E-state index in [1.54, 1.807) is 18.2 Å². The number of nitrogens with zero attached hydrogens (tertiary/aromatic N) is 5. The topological polar surface area (TPSA) is 65.9 Å². The molecule has 0 saturated carbocycles. The molecule has 2 aromatic rings. The molecule has 1 saturated heterocycles. The fraction of sp³-hybridized carbons (Fsp3) is 0.550. The third-order valence-electron chi connectivity index (χ3n) is 4.64. The number of aliphatic imine (C=N–C) groups is 1. The predicted molar refractivity (Wildman–Crippen MR) is 116 cm³/mol. The lowest BCUT2D eigenvalue weighted by molar-refractivity contribution is 0.0818. The number of hydrogen-bond donors (Lipinski definition) is 1. The van der Waals surface area contributed by atoms with Crippen molar-refractivity contribution in [2.24, 2.45) is 4.99 Å². The summed E-state index contributed by atoms with van der Waals surface area (Å²) in [4.78, 5) is 13.8. The number of guanidine groups is 1. The Morgan fingerprint density at radius 1 is 1.27 bits per heavy atom. The first-order valence-electron chi connectivity index (χ1n) is 10.2. The van der Waals surface area contributed by atoms with Crippen LogP contribution in [0.25, 0.3) is 0 Å². The average molecular weight is 439 g/mol. The van der Waals surface area contributed by atoms with Gasteiger partial charge in [-0.2, -0.15) is 4.37 Å². The van der Waals surface area contributed by atoms with Gasteiger partial charge in [0.2, 0.25) is 5.13 Å². The van der Waals surface area contributed by atoms with Gasteiger partial charge in [-0.25, -0.2) is 18.8 Å². The Hall–Kier alpha value is -2.49. The lowest BCUT2D eigenvalue weighted by Crippen LogP contribution is -2.52. The number of alkyl halides is 2. The average Bonchev–Trinajstić information content (AvgIpc) is 3.25. The zero-order valence-electron chi connectivity index (χ0n) is 17.4. The number of nitrogens with one attached hydrogen (secondary N) is 1. The molecule has 164 valence electrons. The second kappa shape index (κ2) is 11.1. The molecule has 0 unspecified atom stereocenters. The number of aryl methyl sites for hydroxylation is 1. The zero-order chi connectivity index (χ0) is 21.3. The van der Waals surface area contributed by atoms with Gasteiger partial charge in [0.15, 0.2) is 5.96 Å². The van der Waals surface area contributed by atoms with Crippen LogP contribution in [-0.4, -0.2) is 66.0 Å². The number of ether oxygens (including phenoxy) is 1. The molecule has 0 atom stereocenters. The second-order valence-corrected chi connectivity index (χ2v) is 7.57. The minimum atomic E-state index is -2.49. The summed E-state index contributed by atoms with van der Waals surface area (Å²) in [6.07, 6.45) is -1.64. The molecule has 1 aliphatic rings. The van der Waals surface area contributed by atoms with E-state index < -0.39 is 13.0 Å². The first kappa shape index (κ1) is 22.2. The van der Waals surface area contributed by atoms with Crippen molar-refractivity contribution in [3.8, 4) is 5.75 Å². The van der Waals surface area contributed by atoms with Crippen LogP contribution in [0.3, 0.4) is 0 Å². The first-order valence-corrected chi connectivity index (χ1v) is 11.0.